The molecule has 0 aromatic heterocycles. The second kappa shape index (κ2) is 7.17. The molecule has 0 bridgehead atoms. The van der Waals surface area contributed by atoms with E-state index in [4.69, 9.17) is 0 Å². The molecule has 0 fully saturated rings. The first-order valence-electron chi connectivity index (χ1n) is 9.29. The number of fused-ring (bicyclic) bond motifs is 1. The van der Waals surface area contributed by atoms with E-state index in [0.717, 1.165) is 17.5 Å². The highest BCUT2D eigenvalue weighted by atomic mass is 16.1. The molecular weight excluding hydrogens is 318 g/mol. The highest BCUT2D eigenvalue weighted by Gasteiger charge is 2.15. The van der Waals surface area contributed by atoms with Crippen LogP contribution in [0.5, 0.6) is 0 Å². The maximum Gasteiger partial charge on any atom is 0.251 e. The molecule has 1 atom stereocenters. The molecule has 0 aliphatic heterocycles. The molecule has 0 saturated carbocycles. The highest BCUT2D eigenvalue weighted by molar-refractivity contribution is 5.95. The summed E-state index contributed by atoms with van der Waals surface area (Å²) < 4.78 is 0. The molecule has 0 saturated heterocycles. The summed E-state index contributed by atoms with van der Waals surface area (Å²) >= 11 is 0. The van der Waals surface area contributed by atoms with Crippen molar-refractivity contribution in [1.82, 2.24) is 5.32 Å². The highest BCUT2D eigenvalue weighted by Crippen LogP contribution is 2.25. The van der Waals surface area contributed by atoms with Crippen molar-refractivity contribution in [3.63, 3.8) is 0 Å². The van der Waals surface area contributed by atoms with Crippen molar-refractivity contribution in [3.8, 4) is 11.1 Å². The third-order valence-corrected chi connectivity index (χ3v) is 5.22. The summed E-state index contributed by atoms with van der Waals surface area (Å²) in [5.41, 5.74) is 7.05. The van der Waals surface area contributed by atoms with Gasteiger partial charge in [-0.05, 0) is 66.1 Å². The Kier molecular flexibility index (Phi) is 4.57. The average molecular weight is 341 g/mol. The fourth-order valence-electron chi connectivity index (χ4n) is 3.67. The van der Waals surface area contributed by atoms with Crippen molar-refractivity contribution >= 4 is 5.91 Å². The molecule has 1 aliphatic rings. The van der Waals surface area contributed by atoms with Gasteiger partial charge in [-0.15, -0.1) is 0 Å². The molecule has 130 valence electrons. The first-order chi connectivity index (χ1) is 12.7. The van der Waals surface area contributed by atoms with Crippen molar-refractivity contribution in [3.05, 3.63) is 95.1 Å². The smallest absolute Gasteiger partial charge is 0.251 e. The van der Waals surface area contributed by atoms with Gasteiger partial charge in [0.1, 0.15) is 0 Å². The Morgan fingerprint density at radius 1 is 0.846 bits per heavy atom. The summed E-state index contributed by atoms with van der Waals surface area (Å²) in [5, 5.41) is 3.12. The van der Waals surface area contributed by atoms with Crippen LogP contribution < -0.4 is 5.32 Å². The number of nitrogens with one attached hydrogen (secondary N) is 1. The predicted octanol–water partition coefficient (Wildman–Crippen LogP) is 5.33. The minimum atomic E-state index is -0.0300. The van der Waals surface area contributed by atoms with E-state index in [1.54, 1.807) is 0 Å². The normalized spacial score (nSPS) is 13.9. The van der Waals surface area contributed by atoms with Gasteiger partial charge < -0.3 is 5.32 Å². The first-order valence-corrected chi connectivity index (χ1v) is 9.29. The van der Waals surface area contributed by atoms with E-state index in [9.17, 15) is 4.79 Å². The van der Waals surface area contributed by atoms with Crippen LogP contribution in [0.15, 0.2) is 72.8 Å². The standard InChI is InChI=1S/C24H23NO/c1-17(22-15-12-19-8-5-9-23(19)16-22)25-24(26)21-13-10-20(11-14-21)18-6-3-2-4-7-18/h2-4,6-7,10-17H,5,8-9H2,1H3,(H,25,26). The zero-order valence-electron chi connectivity index (χ0n) is 15.0. The van der Waals surface area contributed by atoms with Gasteiger partial charge in [-0.2, -0.15) is 0 Å². The Bertz CT molecular complexity index is 913. The quantitative estimate of drug-likeness (QED) is 0.682. The number of aryl methyl sites for hydroxylation is 2. The molecule has 26 heavy (non-hydrogen) atoms. The lowest BCUT2D eigenvalue weighted by atomic mass is 10.0. The van der Waals surface area contributed by atoms with Gasteiger partial charge in [-0.25, -0.2) is 0 Å². The van der Waals surface area contributed by atoms with Crippen LogP contribution in [-0.2, 0) is 12.8 Å². The van der Waals surface area contributed by atoms with Crippen LogP contribution in [0.4, 0.5) is 0 Å². The minimum absolute atomic E-state index is 0.00204. The third kappa shape index (κ3) is 3.41. The molecule has 1 aliphatic carbocycles. The number of rotatable bonds is 4. The van der Waals surface area contributed by atoms with Crippen LogP contribution in [-0.4, -0.2) is 5.91 Å². The molecule has 0 heterocycles. The Morgan fingerprint density at radius 2 is 1.54 bits per heavy atom. The molecule has 1 amide bonds. The predicted molar refractivity (Wildman–Crippen MR) is 106 cm³/mol. The van der Waals surface area contributed by atoms with Gasteiger partial charge in [-0.1, -0.05) is 60.7 Å². The lowest BCUT2D eigenvalue weighted by Crippen LogP contribution is -2.26. The molecule has 2 nitrogen and oxygen atoms in total. The molecular formula is C24H23NO. The number of benzene rings is 3. The van der Waals surface area contributed by atoms with E-state index >= 15 is 0 Å². The SMILES string of the molecule is CC(NC(=O)c1ccc(-c2ccccc2)cc1)c1ccc2c(c1)CCC2. The molecule has 3 aromatic rings. The minimum Gasteiger partial charge on any atom is -0.346 e. The monoisotopic (exact) mass is 341 g/mol. The zero-order chi connectivity index (χ0) is 17.9. The van der Waals surface area contributed by atoms with E-state index < -0.39 is 0 Å². The molecule has 3 aromatic carbocycles. The Balaban J connectivity index is 1.46. The molecule has 2 heteroatoms. The number of hydrogen-bond donors (Lipinski definition) is 1. The Labute approximate surface area is 154 Å². The Morgan fingerprint density at radius 3 is 2.31 bits per heavy atom. The van der Waals surface area contributed by atoms with Crippen LogP contribution >= 0.6 is 0 Å². The van der Waals surface area contributed by atoms with E-state index in [0.29, 0.717) is 5.56 Å². The van der Waals surface area contributed by atoms with Gasteiger partial charge in [-0.3, -0.25) is 4.79 Å². The molecule has 1 unspecified atom stereocenters. The molecule has 0 spiro atoms. The van der Waals surface area contributed by atoms with Crippen LogP contribution in [0, 0.1) is 0 Å². The number of hydrogen-bond acceptors (Lipinski definition) is 1. The second-order valence-electron chi connectivity index (χ2n) is 7.02. The fourth-order valence-corrected chi connectivity index (χ4v) is 3.67. The van der Waals surface area contributed by atoms with Crippen molar-refractivity contribution in [2.45, 2.75) is 32.2 Å². The van der Waals surface area contributed by atoms with Crippen LogP contribution in [0.1, 0.15) is 46.4 Å². The molecule has 1 N–H and O–H groups in total. The van der Waals surface area contributed by atoms with E-state index in [2.05, 4.69) is 35.6 Å². The van der Waals surface area contributed by atoms with Crippen molar-refractivity contribution in [2.75, 3.05) is 0 Å². The molecule has 0 radical (unpaired) electrons. The van der Waals surface area contributed by atoms with Gasteiger partial charge in [0.2, 0.25) is 0 Å². The first kappa shape index (κ1) is 16.6. The average Bonchev–Trinajstić information content (AvgIpc) is 3.16. The Hall–Kier alpha value is -2.87. The van der Waals surface area contributed by atoms with Crippen LogP contribution in [0.2, 0.25) is 0 Å². The summed E-state index contributed by atoms with van der Waals surface area (Å²) in [4.78, 5) is 12.6. The summed E-state index contributed by atoms with van der Waals surface area (Å²) in [5.74, 6) is -0.0300. The van der Waals surface area contributed by atoms with E-state index in [-0.39, 0.29) is 11.9 Å². The van der Waals surface area contributed by atoms with Crippen molar-refractivity contribution < 1.29 is 4.79 Å². The fraction of sp³-hybridized carbons (Fsp3) is 0.208. The van der Waals surface area contributed by atoms with Gasteiger partial charge in [0.05, 0.1) is 6.04 Å². The summed E-state index contributed by atoms with van der Waals surface area (Å²) in [6, 6.07) is 24.6. The zero-order valence-corrected chi connectivity index (χ0v) is 15.0. The summed E-state index contributed by atoms with van der Waals surface area (Å²) in [6.45, 7) is 2.05. The van der Waals surface area contributed by atoms with E-state index in [1.165, 1.54) is 29.5 Å². The number of carbonyl (C=O) groups is 1. The topological polar surface area (TPSA) is 29.1 Å². The maximum atomic E-state index is 12.6. The number of amides is 1. The maximum absolute atomic E-state index is 12.6. The van der Waals surface area contributed by atoms with Gasteiger partial charge in [0.25, 0.3) is 5.91 Å². The largest absolute Gasteiger partial charge is 0.346 e. The summed E-state index contributed by atoms with van der Waals surface area (Å²) in [6.07, 6.45) is 3.59. The lowest BCUT2D eigenvalue weighted by Gasteiger charge is -2.16. The van der Waals surface area contributed by atoms with E-state index in [1.807, 2.05) is 49.4 Å². The van der Waals surface area contributed by atoms with Crippen LogP contribution in [0.3, 0.4) is 0 Å². The van der Waals surface area contributed by atoms with Gasteiger partial charge in [0.15, 0.2) is 0 Å². The third-order valence-electron chi connectivity index (χ3n) is 5.22. The second-order valence-corrected chi connectivity index (χ2v) is 7.02. The van der Waals surface area contributed by atoms with Gasteiger partial charge >= 0.3 is 0 Å². The van der Waals surface area contributed by atoms with Crippen LogP contribution in [0.25, 0.3) is 11.1 Å². The summed E-state index contributed by atoms with van der Waals surface area (Å²) in [7, 11) is 0. The molecule has 4 rings (SSSR count). The lowest BCUT2D eigenvalue weighted by molar-refractivity contribution is 0.0940. The van der Waals surface area contributed by atoms with Gasteiger partial charge in [0, 0.05) is 5.56 Å². The van der Waals surface area contributed by atoms with Crippen molar-refractivity contribution in [1.29, 1.82) is 0 Å². The van der Waals surface area contributed by atoms with Crippen molar-refractivity contribution in [2.24, 2.45) is 0 Å². The number of carbonyl (C=O) groups excluding carboxylic acids is 1.